The van der Waals surface area contributed by atoms with Gasteiger partial charge in [0.25, 0.3) is 0 Å². The lowest BCUT2D eigenvalue weighted by Crippen LogP contribution is -2.10. The van der Waals surface area contributed by atoms with Gasteiger partial charge in [-0.25, -0.2) is 4.68 Å². The molecule has 2 N–H and O–H groups in total. The van der Waals surface area contributed by atoms with Crippen molar-refractivity contribution in [1.29, 1.82) is 0 Å². The SMILES string of the molecule is CCc1ccc(CNc2cc(-c3ccoc3C)nn2CCO)o1. The van der Waals surface area contributed by atoms with E-state index < -0.39 is 0 Å². The Kier molecular flexibility index (Phi) is 4.52. The normalized spacial score (nSPS) is 11.1. The Balaban J connectivity index is 1.79. The molecule has 3 aromatic rings. The highest BCUT2D eigenvalue weighted by Gasteiger charge is 2.13. The molecule has 0 bridgehead atoms. The molecule has 3 heterocycles. The summed E-state index contributed by atoms with van der Waals surface area (Å²) in [4.78, 5) is 0. The number of hydrogen-bond acceptors (Lipinski definition) is 5. The Hall–Kier alpha value is -2.47. The predicted octanol–water partition coefficient (Wildman–Crippen LogP) is 3.21. The van der Waals surface area contributed by atoms with Crippen molar-refractivity contribution in [2.24, 2.45) is 0 Å². The fraction of sp³-hybridized carbons (Fsp3) is 0.353. The molecule has 0 aliphatic carbocycles. The van der Waals surface area contributed by atoms with Crippen molar-refractivity contribution in [1.82, 2.24) is 9.78 Å². The molecule has 0 unspecified atom stereocenters. The lowest BCUT2D eigenvalue weighted by molar-refractivity contribution is 0.270. The standard InChI is InChI=1S/C17H21N3O3/c1-3-13-4-5-14(23-13)11-18-17-10-16(19-20(17)7-8-21)15-6-9-22-12(15)2/h4-6,9-10,18,21H,3,7-8,11H2,1-2H3. The second-order valence-corrected chi connectivity index (χ2v) is 5.33. The Morgan fingerprint density at radius 1 is 1.26 bits per heavy atom. The lowest BCUT2D eigenvalue weighted by atomic mass is 10.2. The van der Waals surface area contributed by atoms with Gasteiger partial charge < -0.3 is 19.3 Å². The number of nitrogens with one attached hydrogen (secondary N) is 1. The Morgan fingerprint density at radius 2 is 2.09 bits per heavy atom. The number of furan rings is 2. The van der Waals surface area contributed by atoms with E-state index in [9.17, 15) is 5.11 Å². The van der Waals surface area contributed by atoms with Crippen molar-refractivity contribution in [2.75, 3.05) is 11.9 Å². The minimum absolute atomic E-state index is 0.0287. The van der Waals surface area contributed by atoms with E-state index >= 15 is 0 Å². The zero-order valence-electron chi connectivity index (χ0n) is 13.4. The van der Waals surface area contributed by atoms with Crippen LogP contribution in [0.15, 0.2) is 39.4 Å². The zero-order valence-corrected chi connectivity index (χ0v) is 13.4. The van der Waals surface area contributed by atoms with Crippen molar-refractivity contribution in [3.8, 4) is 11.3 Å². The summed E-state index contributed by atoms with van der Waals surface area (Å²) in [7, 11) is 0. The lowest BCUT2D eigenvalue weighted by Gasteiger charge is -2.07. The van der Waals surface area contributed by atoms with E-state index in [1.54, 1.807) is 10.9 Å². The van der Waals surface area contributed by atoms with E-state index in [4.69, 9.17) is 8.83 Å². The first-order valence-corrected chi connectivity index (χ1v) is 7.76. The Morgan fingerprint density at radius 3 is 2.74 bits per heavy atom. The van der Waals surface area contributed by atoms with E-state index in [-0.39, 0.29) is 6.61 Å². The molecule has 0 spiro atoms. The average molecular weight is 315 g/mol. The first-order chi connectivity index (χ1) is 11.2. The molecule has 0 fully saturated rings. The van der Waals surface area contributed by atoms with Crippen LogP contribution >= 0.6 is 0 Å². The number of nitrogens with zero attached hydrogens (tertiary/aromatic N) is 2. The van der Waals surface area contributed by atoms with Crippen LogP contribution in [0.25, 0.3) is 11.3 Å². The maximum absolute atomic E-state index is 9.23. The highest BCUT2D eigenvalue weighted by atomic mass is 16.3. The molecule has 6 heteroatoms. The smallest absolute Gasteiger partial charge is 0.125 e. The van der Waals surface area contributed by atoms with Gasteiger partial charge in [0.1, 0.15) is 23.1 Å². The predicted molar refractivity (Wildman–Crippen MR) is 87.2 cm³/mol. The third kappa shape index (κ3) is 3.32. The van der Waals surface area contributed by atoms with E-state index in [0.717, 1.165) is 40.8 Å². The Bertz CT molecular complexity index is 770. The number of aromatic nitrogens is 2. The zero-order chi connectivity index (χ0) is 16.2. The summed E-state index contributed by atoms with van der Waals surface area (Å²) in [6, 6.07) is 7.81. The van der Waals surface area contributed by atoms with Gasteiger partial charge in [-0.15, -0.1) is 0 Å². The molecule has 0 saturated heterocycles. The molecule has 0 aromatic carbocycles. The van der Waals surface area contributed by atoms with E-state index in [1.165, 1.54) is 0 Å². The highest BCUT2D eigenvalue weighted by molar-refractivity contribution is 5.64. The fourth-order valence-electron chi connectivity index (χ4n) is 2.49. The largest absolute Gasteiger partial charge is 0.469 e. The topological polar surface area (TPSA) is 76.4 Å². The molecule has 0 saturated carbocycles. The summed E-state index contributed by atoms with van der Waals surface area (Å²) < 4.78 is 12.8. The second-order valence-electron chi connectivity index (χ2n) is 5.33. The highest BCUT2D eigenvalue weighted by Crippen LogP contribution is 2.26. The maximum atomic E-state index is 9.23. The number of hydrogen-bond donors (Lipinski definition) is 2. The number of aliphatic hydroxyl groups is 1. The van der Waals surface area contributed by atoms with E-state index in [0.29, 0.717) is 13.1 Å². The maximum Gasteiger partial charge on any atom is 0.125 e. The van der Waals surface area contributed by atoms with Gasteiger partial charge in [0.15, 0.2) is 0 Å². The summed E-state index contributed by atoms with van der Waals surface area (Å²) in [5, 5.41) is 17.1. The number of anilines is 1. The van der Waals surface area contributed by atoms with E-state index in [2.05, 4.69) is 17.3 Å². The number of rotatable bonds is 7. The van der Waals surface area contributed by atoms with Crippen molar-refractivity contribution in [2.45, 2.75) is 33.4 Å². The summed E-state index contributed by atoms with van der Waals surface area (Å²) >= 11 is 0. The van der Waals surface area contributed by atoms with Crippen LogP contribution in [-0.2, 0) is 19.5 Å². The monoisotopic (exact) mass is 315 g/mol. The summed E-state index contributed by atoms with van der Waals surface area (Å²) in [5.74, 6) is 3.51. The van der Waals surface area contributed by atoms with Crippen molar-refractivity contribution >= 4 is 5.82 Å². The van der Waals surface area contributed by atoms with Gasteiger partial charge in [0, 0.05) is 18.1 Å². The number of aryl methyl sites for hydroxylation is 2. The van der Waals surface area contributed by atoms with Crippen LogP contribution in [0.4, 0.5) is 5.82 Å². The molecule has 0 aliphatic heterocycles. The van der Waals surface area contributed by atoms with Gasteiger partial charge in [-0.05, 0) is 25.1 Å². The van der Waals surface area contributed by atoms with Crippen LogP contribution < -0.4 is 5.32 Å². The minimum atomic E-state index is 0.0287. The van der Waals surface area contributed by atoms with Gasteiger partial charge in [0.05, 0.1) is 31.7 Å². The summed E-state index contributed by atoms with van der Waals surface area (Å²) in [6.07, 6.45) is 2.53. The minimum Gasteiger partial charge on any atom is -0.469 e. The van der Waals surface area contributed by atoms with Crippen molar-refractivity contribution < 1.29 is 13.9 Å². The molecule has 3 rings (SSSR count). The third-order valence-electron chi connectivity index (χ3n) is 3.74. The Labute approximate surface area is 134 Å². The van der Waals surface area contributed by atoms with Gasteiger partial charge in [-0.2, -0.15) is 5.10 Å². The van der Waals surface area contributed by atoms with Crippen LogP contribution in [0, 0.1) is 6.92 Å². The molecule has 23 heavy (non-hydrogen) atoms. The summed E-state index contributed by atoms with van der Waals surface area (Å²) in [5.41, 5.74) is 1.77. The van der Waals surface area contributed by atoms with Crippen LogP contribution in [0.1, 0.15) is 24.2 Å². The van der Waals surface area contributed by atoms with Crippen molar-refractivity contribution in [3.05, 3.63) is 47.8 Å². The van der Waals surface area contributed by atoms with Crippen LogP contribution in [-0.4, -0.2) is 21.5 Å². The molecule has 0 atom stereocenters. The van der Waals surface area contributed by atoms with Crippen LogP contribution in [0.3, 0.4) is 0 Å². The molecular weight excluding hydrogens is 294 g/mol. The second kappa shape index (κ2) is 6.75. The molecule has 0 amide bonds. The van der Waals surface area contributed by atoms with Gasteiger partial charge in [0.2, 0.25) is 0 Å². The molecule has 0 radical (unpaired) electrons. The van der Waals surface area contributed by atoms with Gasteiger partial charge in [-0.1, -0.05) is 6.92 Å². The van der Waals surface area contributed by atoms with Crippen LogP contribution in [0.5, 0.6) is 0 Å². The molecule has 0 aliphatic rings. The van der Waals surface area contributed by atoms with Gasteiger partial charge >= 0.3 is 0 Å². The fourth-order valence-corrected chi connectivity index (χ4v) is 2.49. The van der Waals surface area contributed by atoms with Crippen molar-refractivity contribution in [3.63, 3.8) is 0 Å². The average Bonchev–Trinajstić information content (AvgIpc) is 3.25. The first kappa shape index (κ1) is 15.4. The first-order valence-electron chi connectivity index (χ1n) is 7.76. The van der Waals surface area contributed by atoms with Gasteiger partial charge in [-0.3, -0.25) is 0 Å². The molecule has 6 nitrogen and oxygen atoms in total. The summed E-state index contributed by atoms with van der Waals surface area (Å²) in [6.45, 7) is 4.99. The van der Waals surface area contributed by atoms with E-state index in [1.807, 2.05) is 31.2 Å². The quantitative estimate of drug-likeness (QED) is 0.700. The third-order valence-corrected chi connectivity index (χ3v) is 3.74. The molecule has 122 valence electrons. The van der Waals surface area contributed by atoms with Crippen LogP contribution in [0.2, 0.25) is 0 Å². The molecular formula is C17H21N3O3. The molecule has 3 aromatic heterocycles. The number of aliphatic hydroxyl groups excluding tert-OH is 1.